The first-order valence-electron chi connectivity index (χ1n) is 4.94. The summed E-state index contributed by atoms with van der Waals surface area (Å²) in [5, 5.41) is 3.42. The first-order valence-corrected chi connectivity index (χ1v) is 4.94. The maximum Gasteiger partial charge on any atom is 0.0341 e. The van der Waals surface area contributed by atoms with Crippen LogP contribution < -0.4 is 11.1 Å². The highest BCUT2D eigenvalue weighted by molar-refractivity contribution is 5.51. The van der Waals surface area contributed by atoms with Crippen molar-refractivity contribution in [1.29, 1.82) is 0 Å². The molecular weight excluding hydrogens is 160 g/mol. The van der Waals surface area contributed by atoms with E-state index in [0.717, 1.165) is 18.2 Å². The molecule has 1 aromatic carbocycles. The number of anilines is 2. The lowest BCUT2D eigenvalue weighted by atomic mass is 9.85. The minimum Gasteiger partial charge on any atom is -0.399 e. The Morgan fingerprint density at radius 3 is 2.46 bits per heavy atom. The molecule has 2 heteroatoms. The van der Waals surface area contributed by atoms with E-state index in [1.54, 1.807) is 0 Å². The van der Waals surface area contributed by atoms with E-state index in [1.165, 1.54) is 24.9 Å². The summed E-state index contributed by atoms with van der Waals surface area (Å²) in [6, 6.07) is 7.94. The fourth-order valence-electron chi connectivity index (χ4n) is 1.56. The Morgan fingerprint density at radius 1 is 1.23 bits per heavy atom. The summed E-state index contributed by atoms with van der Waals surface area (Å²) in [7, 11) is 0. The molecule has 3 N–H and O–H groups in total. The quantitative estimate of drug-likeness (QED) is 0.694. The minimum absolute atomic E-state index is 0.828. The molecule has 0 unspecified atom stereocenters. The van der Waals surface area contributed by atoms with E-state index in [0.29, 0.717) is 0 Å². The summed E-state index contributed by atoms with van der Waals surface area (Å²) < 4.78 is 0. The molecule has 13 heavy (non-hydrogen) atoms. The lowest BCUT2D eigenvalue weighted by molar-refractivity contribution is 0.333. The van der Waals surface area contributed by atoms with E-state index < -0.39 is 0 Å². The van der Waals surface area contributed by atoms with Gasteiger partial charge in [0.05, 0.1) is 0 Å². The molecule has 1 aromatic rings. The Bertz CT molecular complexity index is 262. The van der Waals surface area contributed by atoms with Crippen LogP contribution in [0.4, 0.5) is 11.4 Å². The zero-order valence-electron chi connectivity index (χ0n) is 7.79. The van der Waals surface area contributed by atoms with Gasteiger partial charge in [-0.15, -0.1) is 0 Å². The van der Waals surface area contributed by atoms with Crippen LogP contribution in [0.15, 0.2) is 24.3 Å². The average molecular weight is 176 g/mol. The Balaban J connectivity index is 1.83. The predicted octanol–water partition coefficient (Wildman–Crippen LogP) is 2.48. The number of nitrogens with two attached hydrogens (primary N) is 1. The van der Waals surface area contributed by atoms with E-state index in [-0.39, 0.29) is 0 Å². The lowest BCUT2D eigenvalue weighted by Gasteiger charge is -2.25. The third-order valence-corrected chi connectivity index (χ3v) is 2.73. The summed E-state index contributed by atoms with van der Waals surface area (Å²) in [4.78, 5) is 0. The van der Waals surface area contributed by atoms with Crippen molar-refractivity contribution in [1.82, 2.24) is 0 Å². The van der Waals surface area contributed by atoms with Crippen molar-refractivity contribution in [2.45, 2.75) is 19.3 Å². The largest absolute Gasteiger partial charge is 0.399 e. The molecule has 2 nitrogen and oxygen atoms in total. The maximum atomic E-state index is 5.59. The van der Waals surface area contributed by atoms with E-state index >= 15 is 0 Å². The summed E-state index contributed by atoms with van der Waals surface area (Å²) in [6.07, 6.45) is 4.19. The van der Waals surface area contributed by atoms with Gasteiger partial charge >= 0.3 is 0 Å². The molecule has 1 aliphatic carbocycles. The Kier molecular flexibility index (Phi) is 2.39. The van der Waals surface area contributed by atoms with Gasteiger partial charge in [0.2, 0.25) is 0 Å². The summed E-state index contributed by atoms with van der Waals surface area (Å²) in [5.74, 6) is 0.901. The molecule has 1 fully saturated rings. The van der Waals surface area contributed by atoms with Crippen molar-refractivity contribution in [3.63, 3.8) is 0 Å². The highest BCUT2D eigenvalue weighted by Crippen LogP contribution is 2.26. The van der Waals surface area contributed by atoms with Crippen LogP contribution in [0.2, 0.25) is 0 Å². The number of benzene rings is 1. The van der Waals surface area contributed by atoms with Crippen LogP contribution in [0.3, 0.4) is 0 Å². The molecule has 0 saturated heterocycles. The number of hydrogen-bond donors (Lipinski definition) is 2. The molecule has 0 spiro atoms. The SMILES string of the molecule is Nc1ccc(NCC2CCC2)cc1. The fraction of sp³-hybridized carbons (Fsp3) is 0.455. The molecule has 0 atom stereocenters. The Hall–Kier alpha value is -1.18. The Morgan fingerprint density at radius 2 is 1.92 bits per heavy atom. The van der Waals surface area contributed by atoms with Crippen LogP contribution in [0, 0.1) is 5.92 Å². The van der Waals surface area contributed by atoms with E-state index in [4.69, 9.17) is 5.73 Å². The van der Waals surface area contributed by atoms with Gasteiger partial charge in [-0.1, -0.05) is 6.42 Å². The molecule has 2 rings (SSSR count). The Labute approximate surface area is 79.1 Å². The summed E-state index contributed by atoms with van der Waals surface area (Å²) in [5.41, 5.74) is 7.60. The molecule has 0 amide bonds. The molecule has 70 valence electrons. The first-order chi connectivity index (χ1) is 6.34. The maximum absolute atomic E-state index is 5.59. The number of rotatable bonds is 3. The predicted molar refractivity (Wildman–Crippen MR) is 56.7 cm³/mol. The summed E-state index contributed by atoms with van der Waals surface area (Å²) >= 11 is 0. The molecule has 0 radical (unpaired) electrons. The number of nitrogen functional groups attached to an aromatic ring is 1. The molecule has 0 aliphatic heterocycles. The van der Waals surface area contributed by atoms with Crippen LogP contribution in [0.5, 0.6) is 0 Å². The third kappa shape index (κ3) is 2.14. The second-order valence-corrected chi connectivity index (χ2v) is 3.80. The van der Waals surface area contributed by atoms with Crippen molar-refractivity contribution in [3.05, 3.63) is 24.3 Å². The standard InChI is InChI=1S/C11H16N2/c12-10-4-6-11(7-5-10)13-8-9-2-1-3-9/h4-7,9,13H,1-3,8,12H2. The topological polar surface area (TPSA) is 38.0 Å². The van der Waals surface area contributed by atoms with Crippen molar-refractivity contribution in [3.8, 4) is 0 Å². The van der Waals surface area contributed by atoms with Crippen molar-refractivity contribution < 1.29 is 0 Å². The normalized spacial score (nSPS) is 16.6. The van der Waals surface area contributed by atoms with Gasteiger partial charge in [0.1, 0.15) is 0 Å². The zero-order chi connectivity index (χ0) is 9.10. The first kappa shape index (κ1) is 8.42. The average Bonchev–Trinajstić information content (AvgIpc) is 2.05. The number of nitrogens with one attached hydrogen (secondary N) is 1. The van der Waals surface area contributed by atoms with Crippen LogP contribution >= 0.6 is 0 Å². The monoisotopic (exact) mass is 176 g/mol. The van der Waals surface area contributed by atoms with Gasteiger partial charge in [-0.25, -0.2) is 0 Å². The fourth-order valence-corrected chi connectivity index (χ4v) is 1.56. The van der Waals surface area contributed by atoms with Crippen LogP contribution in [-0.4, -0.2) is 6.54 Å². The highest BCUT2D eigenvalue weighted by atomic mass is 14.9. The van der Waals surface area contributed by atoms with Gasteiger partial charge in [0.15, 0.2) is 0 Å². The highest BCUT2D eigenvalue weighted by Gasteiger charge is 2.16. The summed E-state index contributed by atoms with van der Waals surface area (Å²) in [6.45, 7) is 1.11. The van der Waals surface area contributed by atoms with Gasteiger partial charge in [-0.05, 0) is 43.0 Å². The van der Waals surface area contributed by atoms with E-state index in [1.807, 2.05) is 24.3 Å². The zero-order valence-corrected chi connectivity index (χ0v) is 7.79. The van der Waals surface area contributed by atoms with Gasteiger partial charge in [-0.3, -0.25) is 0 Å². The van der Waals surface area contributed by atoms with E-state index in [2.05, 4.69) is 5.32 Å². The van der Waals surface area contributed by atoms with Crippen LogP contribution in [0.25, 0.3) is 0 Å². The van der Waals surface area contributed by atoms with E-state index in [9.17, 15) is 0 Å². The van der Waals surface area contributed by atoms with Crippen molar-refractivity contribution >= 4 is 11.4 Å². The van der Waals surface area contributed by atoms with Crippen molar-refractivity contribution in [2.75, 3.05) is 17.6 Å². The molecular formula is C11H16N2. The third-order valence-electron chi connectivity index (χ3n) is 2.73. The van der Waals surface area contributed by atoms with Gasteiger partial charge < -0.3 is 11.1 Å². The van der Waals surface area contributed by atoms with Crippen LogP contribution in [-0.2, 0) is 0 Å². The molecule has 1 aliphatic rings. The smallest absolute Gasteiger partial charge is 0.0341 e. The van der Waals surface area contributed by atoms with Crippen molar-refractivity contribution in [2.24, 2.45) is 5.92 Å². The molecule has 0 bridgehead atoms. The van der Waals surface area contributed by atoms with Gasteiger partial charge in [-0.2, -0.15) is 0 Å². The second kappa shape index (κ2) is 3.69. The molecule has 1 saturated carbocycles. The molecule has 0 heterocycles. The number of hydrogen-bond acceptors (Lipinski definition) is 2. The lowest BCUT2D eigenvalue weighted by Crippen LogP contribution is -2.20. The van der Waals surface area contributed by atoms with Gasteiger partial charge in [0.25, 0.3) is 0 Å². The molecule has 0 aromatic heterocycles. The second-order valence-electron chi connectivity index (χ2n) is 3.80. The van der Waals surface area contributed by atoms with Crippen LogP contribution in [0.1, 0.15) is 19.3 Å². The van der Waals surface area contributed by atoms with Gasteiger partial charge in [0, 0.05) is 17.9 Å². The minimum atomic E-state index is 0.828.